The van der Waals surface area contributed by atoms with Crippen molar-refractivity contribution in [3.05, 3.63) is 28.5 Å². The van der Waals surface area contributed by atoms with E-state index in [9.17, 15) is 4.79 Å². The number of H-pyrrole nitrogens is 1. The number of carbonyl (C=O) groups is 1. The maximum absolute atomic E-state index is 11.6. The summed E-state index contributed by atoms with van der Waals surface area (Å²) in [7, 11) is 0. The first-order valence-corrected chi connectivity index (χ1v) is 7.91. The third-order valence-electron chi connectivity index (χ3n) is 4.62. The Labute approximate surface area is 134 Å². The molecule has 22 heavy (non-hydrogen) atoms. The molecule has 1 aromatic carbocycles. The smallest absolute Gasteiger partial charge is 0.251 e. The lowest BCUT2D eigenvalue weighted by atomic mass is 9.89. The SMILES string of the molecule is CC(C)N1CCC(C)(c2nc3c(C(N)=O)cc(Cl)cc3[nH]2)C1. The van der Waals surface area contributed by atoms with Gasteiger partial charge in [0.15, 0.2) is 0 Å². The number of fused-ring (bicyclic) bond motifs is 1. The lowest BCUT2D eigenvalue weighted by Gasteiger charge is -2.24. The maximum atomic E-state index is 11.6. The number of primary amides is 1. The van der Waals surface area contributed by atoms with Crippen molar-refractivity contribution in [2.45, 2.75) is 38.6 Å². The number of benzene rings is 1. The number of rotatable bonds is 3. The van der Waals surface area contributed by atoms with Crippen LogP contribution < -0.4 is 5.73 Å². The van der Waals surface area contributed by atoms with Gasteiger partial charge in [-0.3, -0.25) is 9.69 Å². The number of halogens is 1. The van der Waals surface area contributed by atoms with E-state index in [1.807, 2.05) is 0 Å². The third kappa shape index (κ3) is 2.48. The van der Waals surface area contributed by atoms with Crippen LogP contribution in [-0.2, 0) is 5.41 Å². The monoisotopic (exact) mass is 320 g/mol. The van der Waals surface area contributed by atoms with E-state index in [-0.39, 0.29) is 5.41 Å². The maximum Gasteiger partial charge on any atom is 0.251 e. The van der Waals surface area contributed by atoms with Gasteiger partial charge in [0.2, 0.25) is 0 Å². The van der Waals surface area contributed by atoms with Gasteiger partial charge in [-0.25, -0.2) is 4.98 Å². The van der Waals surface area contributed by atoms with Crippen molar-refractivity contribution in [3.63, 3.8) is 0 Å². The van der Waals surface area contributed by atoms with Gasteiger partial charge in [-0.05, 0) is 38.9 Å². The Bertz CT molecular complexity index is 739. The largest absolute Gasteiger partial charge is 0.366 e. The number of nitrogens with two attached hydrogens (primary N) is 1. The number of imidazole rings is 1. The van der Waals surface area contributed by atoms with Crippen LogP contribution in [0.5, 0.6) is 0 Å². The Balaban J connectivity index is 2.06. The zero-order valence-electron chi connectivity index (χ0n) is 13.1. The molecule has 3 rings (SSSR count). The Kier molecular flexibility index (Phi) is 3.65. The molecular weight excluding hydrogens is 300 g/mol. The van der Waals surface area contributed by atoms with Gasteiger partial charge in [0.25, 0.3) is 5.91 Å². The highest BCUT2D eigenvalue weighted by Gasteiger charge is 2.38. The molecule has 3 N–H and O–H groups in total. The summed E-state index contributed by atoms with van der Waals surface area (Å²) in [6, 6.07) is 3.88. The van der Waals surface area contributed by atoms with Gasteiger partial charge >= 0.3 is 0 Å². The third-order valence-corrected chi connectivity index (χ3v) is 4.84. The number of hydrogen-bond acceptors (Lipinski definition) is 3. The highest BCUT2D eigenvalue weighted by atomic mass is 35.5. The molecule has 1 amide bonds. The highest BCUT2D eigenvalue weighted by molar-refractivity contribution is 6.32. The number of nitrogens with zero attached hydrogens (tertiary/aromatic N) is 2. The molecule has 0 saturated carbocycles. The summed E-state index contributed by atoms with van der Waals surface area (Å²) in [6.07, 6.45) is 1.03. The first-order valence-electron chi connectivity index (χ1n) is 7.54. The van der Waals surface area contributed by atoms with Crippen molar-refractivity contribution >= 4 is 28.5 Å². The summed E-state index contributed by atoms with van der Waals surface area (Å²) < 4.78 is 0. The second kappa shape index (κ2) is 5.25. The minimum atomic E-state index is -0.508. The lowest BCUT2D eigenvalue weighted by Crippen LogP contribution is -2.33. The van der Waals surface area contributed by atoms with Crippen LogP contribution in [0.4, 0.5) is 0 Å². The number of aromatic amines is 1. The van der Waals surface area contributed by atoms with Crippen LogP contribution in [0.2, 0.25) is 5.02 Å². The molecule has 118 valence electrons. The van der Waals surface area contributed by atoms with Crippen LogP contribution in [-0.4, -0.2) is 39.9 Å². The Morgan fingerprint density at radius 1 is 1.50 bits per heavy atom. The molecule has 1 aliphatic rings. The number of likely N-dealkylation sites (tertiary alicyclic amines) is 1. The zero-order chi connectivity index (χ0) is 16.1. The molecule has 1 fully saturated rings. The van der Waals surface area contributed by atoms with E-state index in [0.717, 1.165) is 30.9 Å². The minimum absolute atomic E-state index is 0.0509. The normalized spacial score (nSPS) is 22.8. The van der Waals surface area contributed by atoms with Gasteiger partial charge in [0.05, 0.1) is 11.1 Å². The number of hydrogen-bond donors (Lipinski definition) is 2. The van der Waals surface area contributed by atoms with Crippen molar-refractivity contribution in [2.24, 2.45) is 5.73 Å². The van der Waals surface area contributed by atoms with E-state index in [4.69, 9.17) is 17.3 Å². The molecule has 1 aliphatic heterocycles. The fraction of sp³-hybridized carbons (Fsp3) is 0.500. The van der Waals surface area contributed by atoms with Crippen LogP contribution in [0.3, 0.4) is 0 Å². The number of aromatic nitrogens is 2. The predicted molar refractivity (Wildman–Crippen MR) is 88.3 cm³/mol. The van der Waals surface area contributed by atoms with Crippen molar-refractivity contribution in [1.82, 2.24) is 14.9 Å². The van der Waals surface area contributed by atoms with Gasteiger partial charge < -0.3 is 10.7 Å². The number of nitrogens with one attached hydrogen (secondary N) is 1. The molecule has 2 aromatic rings. The van der Waals surface area contributed by atoms with E-state index in [0.29, 0.717) is 22.1 Å². The Hall–Kier alpha value is -1.59. The molecule has 0 spiro atoms. The standard InChI is InChI=1S/C16H21ClN4O/c1-9(2)21-5-4-16(3,8-21)15-19-12-7-10(17)6-11(14(18)22)13(12)20-15/h6-7,9H,4-5,8H2,1-3H3,(H2,18,22)(H,19,20). The predicted octanol–water partition coefficient (Wildman–Crippen LogP) is 2.69. The molecular formula is C16H21ClN4O. The average molecular weight is 321 g/mol. The van der Waals surface area contributed by atoms with Crippen LogP contribution in [0.15, 0.2) is 12.1 Å². The van der Waals surface area contributed by atoms with Crippen LogP contribution >= 0.6 is 11.6 Å². The molecule has 2 heterocycles. The molecule has 5 nitrogen and oxygen atoms in total. The molecule has 0 aliphatic carbocycles. The van der Waals surface area contributed by atoms with E-state index in [1.54, 1.807) is 12.1 Å². The van der Waals surface area contributed by atoms with Crippen LogP contribution in [0.25, 0.3) is 11.0 Å². The van der Waals surface area contributed by atoms with E-state index < -0.39 is 5.91 Å². The van der Waals surface area contributed by atoms with Crippen molar-refractivity contribution in [3.8, 4) is 0 Å². The number of carbonyl (C=O) groups excluding carboxylic acids is 1. The second-order valence-corrected chi connectivity index (χ2v) is 7.11. The van der Waals surface area contributed by atoms with Gasteiger partial charge in [-0.15, -0.1) is 0 Å². The van der Waals surface area contributed by atoms with Gasteiger partial charge in [-0.2, -0.15) is 0 Å². The van der Waals surface area contributed by atoms with Crippen molar-refractivity contribution < 1.29 is 4.79 Å². The van der Waals surface area contributed by atoms with Gasteiger partial charge in [0.1, 0.15) is 11.3 Å². The summed E-state index contributed by atoms with van der Waals surface area (Å²) >= 11 is 6.07. The summed E-state index contributed by atoms with van der Waals surface area (Å²) in [5.41, 5.74) is 7.14. The number of amides is 1. The zero-order valence-corrected chi connectivity index (χ0v) is 13.9. The highest BCUT2D eigenvalue weighted by Crippen LogP contribution is 2.35. The molecule has 1 unspecified atom stereocenters. The van der Waals surface area contributed by atoms with Gasteiger partial charge in [0, 0.05) is 23.0 Å². The summed E-state index contributed by atoms with van der Waals surface area (Å²) in [5.74, 6) is 0.390. The first-order chi connectivity index (χ1) is 10.3. The van der Waals surface area contributed by atoms with Crippen LogP contribution in [0.1, 0.15) is 43.4 Å². The molecule has 0 bridgehead atoms. The first kappa shape index (κ1) is 15.3. The van der Waals surface area contributed by atoms with Gasteiger partial charge in [-0.1, -0.05) is 18.5 Å². The Morgan fingerprint density at radius 3 is 2.82 bits per heavy atom. The van der Waals surface area contributed by atoms with E-state index in [2.05, 4.69) is 35.6 Å². The molecule has 1 saturated heterocycles. The fourth-order valence-corrected chi connectivity index (χ4v) is 3.40. The summed E-state index contributed by atoms with van der Waals surface area (Å²) in [4.78, 5) is 22.1. The Morgan fingerprint density at radius 2 is 2.23 bits per heavy atom. The minimum Gasteiger partial charge on any atom is -0.366 e. The quantitative estimate of drug-likeness (QED) is 0.913. The molecule has 6 heteroatoms. The second-order valence-electron chi connectivity index (χ2n) is 6.67. The molecule has 1 aromatic heterocycles. The van der Waals surface area contributed by atoms with E-state index >= 15 is 0 Å². The van der Waals surface area contributed by atoms with Crippen LogP contribution in [0, 0.1) is 0 Å². The lowest BCUT2D eigenvalue weighted by molar-refractivity contribution is 0.100. The molecule has 1 atom stereocenters. The average Bonchev–Trinajstić information content (AvgIpc) is 3.02. The summed E-state index contributed by atoms with van der Waals surface area (Å²) in [5, 5.41) is 0.483. The van der Waals surface area contributed by atoms with Crippen molar-refractivity contribution in [2.75, 3.05) is 13.1 Å². The summed E-state index contributed by atoms with van der Waals surface area (Å²) in [6.45, 7) is 8.61. The molecule has 0 radical (unpaired) electrons. The topological polar surface area (TPSA) is 75.0 Å². The van der Waals surface area contributed by atoms with Crippen molar-refractivity contribution in [1.29, 1.82) is 0 Å². The fourth-order valence-electron chi connectivity index (χ4n) is 3.19. The van der Waals surface area contributed by atoms with E-state index in [1.165, 1.54) is 0 Å².